The van der Waals surface area contributed by atoms with Crippen LogP contribution in [-0.4, -0.2) is 29.0 Å². The molecule has 17 heavy (non-hydrogen) atoms. The number of nitrogens with zero attached hydrogens (tertiary/aromatic N) is 2. The van der Waals surface area contributed by atoms with Gasteiger partial charge in [-0.3, -0.25) is 0 Å². The summed E-state index contributed by atoms with van der Waals surface area (Å²) in [5.41, 5.74) is 1.32. The number of hydrogen-bond acceptors (Lipinski definition) is 2. The van der Waals surface area contributed by atoms with Crippen molar-refractivity contribution < 1.29 is 0 Å². The van der Waals surface area contributed by atoms with Gasteiger partial charge in [0.25, 0.3) is 0 Å². The molecule has 2 rings (SSSR count). The van der Waals surface area contributed by atoms with Gasteiger partial charge in [-0.25, -0.2) is 4.98 Å². The van der Waals surface area contributed by atoms with E-state index in [9.17, 15) is 0 Å². The Labute approximate surface area is 109 Å². The zero-order chi connectivity index (χ0) is 12.3. The maximum atomic E-state index is 5.92. The van der Waals surface area contributed by atoms with E-state index in [-0.39, 0.29) is 0 Å². The molecular weight excluding hydrogens is 232 g/mol. The quantitative estimate of drug-likeness (QED) is 0.767. The van der Waals surface area contributed by atoms with Crippen LogP contribution in [0.15, 0.2) is 18.3 Å². The molecule has 1 atom stereocenters. The van der Waals surface area contributed by atoms with E-state index in [4.69, 9.17) is 11.6 Å². The second-order valence-corrected chi connectivity index (χ2v) is 5.68. The maximum absolute atomic E-state index is 5.92. The predicted molar refractivity (Wildman–Crippen MR) is 72.4 cm³/mol. The summed E-state index contributed by atoms with van der Waals surface area (Å²) >= 11 is 5.92. The van der Waals surface area contributed by atoms with Crippen LogP contribution < -0.4 is 0 Å². The van der Waals surface area contributed by atoms with Gasteiger partial charge in [-0.05, 0) is 63.3 Å². The number of rotatable bonds is 3. The highest BCUT2D eigenvalue weighted by atomic mass is 35.5. The van der Waals surface area contributed by atoms with E-state index >= 15 is 0 Å². The van der Waals surface area contributed by atoms with Crippen molar-refractivity contribution in [3.8, 4) is 0 Å². The van der Waals surface area contributed by atoms with Crippen LogP contribution in [0.3, 0.4) is 0 Å². The van der Waals surface area contributed by atoms with Gasteiger partial charge in [0.1, 0.15) is 5.15 Å². The van der Waals surface area contributed by atoms with E-state index in [0.717, 1.165) is 12.3 Å². The molecule has 1 aromatic heterocycles. The van der Waals surface area contributed by atoms with Crippen LogP contribution in [0.1, 0.15) is 32.3 Å². The van der Waals surface area contributed by atoms with Crippen LogP contribution in [-0.2, 0) is 6.42 Å². The van der Waals surface area contributed by atoms with Crippen molar-refractivity contribution in [2.75, 3.05) is 13.1 Å². The van der Waals surface area contributed by atoms with E-state index in [2.05, 4.69) is 29.8 Å². The summed E-state index contributed by atoms with van der Waals surface area (Å²) in [4.78, 5) is 6.61. The number of hydrogen-bond donors (Lipinski definition) is 0. The first-order valence-electron chi connectivity index (χ1n) is 6.49. The standard InChI is InChI=1S/C14H21ClN2/c1-11(2)17-7-3-4-13(10-17)8-12-5-6-16-14(15)9-12/h5-6,9,11,13H,3-4,7-8,10H2,1-2H3/t13-/m0/s1. The third-order valence-corrected chi connectivity index (χ3v) is 3.80. The van der Waals surface area contributed by atoms with Crippen LogP contribution in [0, 0.1) is 5.92 Å². The third-order valence-electron chi connectivity index (χ3n) is 3.60. The normalized spacial score (nSPS) is 22.0. The molecule has 2 heterocycles. The van der Waals surface area contributed by atoms with E-state index < -0.39 is 0 Å². The molecule has 0 amide bonds. The molecule has 1 aromatic rings. The molecule has 94 valence electrons. The fraction of sp³-hybridized carbons (Fsp3) is 0.643. The Balaban J connectivity index is 1.94. The van der Waals surface area contributed by atoms with Gasteiger partial charge in [0.2, 0.25) is 0 Å². The van der Waals surface area contributed by atoms with Gasteiger partial charge in [0, 0.05) is 18.8 Å². The largest absolute Gasteiger partial charge is 0.301 e. The van der Waals surface area contributed by atoms with Gasteiger partial charge >= 0.3 is 0 Å². The van der Waals surface area contributed by atoms with Gasteiger partial charge in [0.15, 0.2) is 0 Å². The molecule has 0 bridgehead atoms. The molecule has 0 radical (unpaired) electrons. The number of pyridine rings is 1. The Morgan fingerprint density at radius 2 is 2.35 bits per heavy atom. The molecule has 2 nitrogen and oxygen atoms in total. The summed E-state index contributed by atoms with van der Waals surface area (Å²) in [7, 11) is 0. The Kier molecular flexibility index (Phi) is 4.41. The predicted octanol–water partition coefficient (Wildman–Crippen LogP) is 3.40. The minimum atomic E-state index is 0.610. The molecule has 0 spiro atoms. The molecule has 0 aromatic carbocycles. The van der Waals surface area contributed by atoms with Gasteiger partial charge in [-0.15, -0.1) is 0 Å². The summed E-state index contributed by atoms with van der Waals surface area (Å²) < 4.78 is 0. The highest BCUT2D eigenvalue weighted by Gasteiger charge is 2.21. The SMILES string of the molecule is CC(C)N1CCC[C@@H](Cc2ccnc(Cl)c2)C1. The first-order valence-corrected chi connectivity index (χ1v) is 6.87. The highest BCUT2D eigenvalue weighted by Crippen LogP contribution is 2.22. The van der Waals surface area contributed by atoms with Gasteiger partial charge in [-0.2, -0.15) is 0 Å². The van der Waals surface area contributed by atoms with Crippen molar-refractivity contribution >= 4 is 11.6 Å². The molecule has 0 saturated carbocycles. The lowest BCUT2D eigenvalue weighted by Gasteiger charge is -2.35. The minimum absolute atomic E-state index is 0.610. The highest BCUT2D eigenvalue weighted by molar-refractivity contribution is 6.29. The average molecular weight is 253 g/mol. The van der Waals surface area contributed by atoms with Crippen molar-refractivity contribution in [1.82, 2.24) is 9.88 Å². The third kappa shape index (κ3) is 3.68. The lowest BCUT2D eigenvalue weighted by atomic mass is 9.91. The smallest absolute Gasteiger partial charge is 0.129 e. The van der Waals surface area contributed by atoms with Crippen LogP contribution >= 0.6 is 11.6 Å². The molecule has 0 aliphatic carbocycles. The summed E-state index contributed by atoms with van der Waals surface area (Å²) in [6, 6.07) is 4.75. The molecular formula is C14H21ClN2. The van der Waals surface area contributed by atoms with Crippen molar-refractivity contribution in [1.29, 1.82) is 0 Å². The zero-order valence-electron chi connectivity index (χ0n) is 10.7. The summed E-state index contributed by atoms with van der Waals surface area (Å²) in [6.45, 7) is 7.04. The van der Waals surface area contributed by atoms with Crippen LogP contribution in [0.5, 0.6) is 0 Å². The molecule has 3 heteroatoms. The van der Waals surface area contributed by atoms with E-state index in [1.54, 1.807) is 6.20 Å². The minimum Gasteiger partial charge on any atom is -0.301 e. The van der Waals surface area contributed by atoms with Crippen LogP contribution in [0.2, 0.25) is 5.15 Å². The van der Waals surface area contributed by atoms with Crippen molar-refractivity contribution in [2.45, 2.75) is 39.2 Å². The second-order valence-electron chi connectivity index (χ2n) is 5.29. The van der Waals surface area contributed by atoms with Crippen LogP contribution in [0.25, 0.3) is 0 Å². The lowest BCUT2D eigenvalue weighted by Crippen LogP contribution is -2.40. The average Bonchev–Trinajstić information content (AvgIpc) is 2.29. The fourth-order valence-corrected chi connectivity index (χ4v) is 2.83. The summed E-state index contributed by atoms with van der Waals surface area (Å²) in [5.74, 6) is 0.768. The number of piperidine rings is 1. The van der Waals surface area contributed by atoms with Crippen molar-refractivity contribution in [3.05, 3.63) is 29.0 Å². The molecule has 0 unspecified atom stereocenters. The second kappa shape index (κ2) is 5.83. The van der Waals surface area contributed by atoms with Crippen LogP contribution in [0.4, 0.5) is 0 Å². The van der Waals surface area contributed by atoms with Crippen molar-refractivity contribution in [3.63, 3.8) is 0 Å². The van der Waals surface area contributed by atoms with E-state index in [1.807, 2.05) is 6.07 Å². The number of halogens is 1. The first-order chi connectivity index (χ1) is 8.15. The molecule has 1 fully saturated rings. The summed E-state index contributed by atoms with van der Waals surface area (Å²) in [6.07, 6.45) is 5.59. The van der Waals surface area contributed by atoms with Gasteiger partial charge in [-0.1, -0.05) is 11.6 Å². The summed E-state index contributed by atoms with van der Waals surface area (Å²) in [5, 5.41) is 0.610. The molecule has 1 saturated heterocycles. The monoisotopic (exact) mass is 252 g/mol. The molecule has 1 aliphatic heterocycles. The molecule has 1 aliphatic rings. The van der Waals surface area contributed by atoms with Gasteiger partial charge in [0.05, 0.1) is 0 Å². The number of likely N-dealkylation sites (tertiary alicyclic amines) is 1. The number of aromatic nitrogens is 1. The van der Waals surface area contributed by atoms with E-state index in [0.29, 0.717) is 11.2 Å². The Hall–Kier alpha value is -0.600. The Morgan fingerprint density at radius 1 is 1.53 bits per heavy atom. The Morgan fingerprint density at radius 3 is 3.06 bits per heavy atom. The fourth-order valence-electron chi connectivity index (χ4n) is 2.64. The van der Waals surface area contributed by atoms with Crippen molar-refractivity contribution in [2.24, 2.45) is 5.92 Å². The maximum Gasteiger partial charge on any atom is 0.129 e. The Bertz CT molecular complexity index is 365. The first kappa shape index (κ1) is 12.8. The van der Waals surface area contributed by atoms with E-state index in [1.165, 1.54) is 31.5 Å². The lowest BCUT2D eigenvalue weighted by molar-refractivity contribution is 0.139. The zero-order valence-corrected chi connectivity index (χ0v) is 11.5. The molecule has 0 N–H and O–H groups in total. The van der Waals surface area contributed by atoms with Gasteiger partial charge < -0.3 is 4.90 Å². The topological polar surface area (TPSA) is 16.1 Å².